The van der Waals surface area contributed by atoms with Gasteiger partial charge in [0, 0.05) is 43.7 Å². The van der Waals surface area contributed by atoms with E-state index in [1.54, 1.807) is 13.8 Å². The molecule has 0 aliphatic carbocycles. The summed E-state index contributed by atoms with van der Waals surface area (Å²) in [5, 5.41) is 3.57. The monoisotopic (exact) mass is 475 g/mol. The number of benzene rings is 1. The highest BCUT2D eigenvalue weighted by atomic mass is 19.4. The van der Waals surface area contributed by atoms with Gasteiger partial charge in [-0.3, -0.25) is 4.79 Å². The van der Waals surface area contributed by atoms with Crippen LogP contribution in [0, 0.1) is 27.7 Å². The molecule has 1 aliphatic rings. The van der Waals surface area contributed by atoms with Crippen LogP contribution in [0.3, 0.4) is 0 Å². The molecule has 0 N–H and O–H groups in total. The highest BCUT2D eigenvalue weighted by Gasteiger charge is 2.37. The van der Waals surface area contributed by atoms with Crippen LogP contribution in [0.15, 0.2) is 18.2 Å². The maximum absolute atomic E-state index is 13.0. The molecule has 1 amide bonds. The molecule has 0 unspecified atom stereocenters. The van der Waals surface area contributed by atoms with Gasteiger partial charge in [-0.05, 0) is 56.9 Å². The largest absolute Gasteiger partial charge is 0.490 e. The van der Waals surface area contributed by atoms with Crippen LogP contribution in [0.25, 0.3) is 5.78 Å². The second kappa shape index (κ2) is 9.23. The summed E-state index contributed by atoms with van der Waals surface area (Å²) >= 11 is 0. The van der Waals surface area contributed by atoms with Gasteiger partial charge in [0.05, 0.1) is 0 Å². The van der Waals surface area contributed by atoms with E-state index in [2.05, 4.69) is 21.1 Å². The molecule has 7 nitrogen and oxygen atoms in total. The quantitative estimate of drug-likeness (QED) is 0.548. The third kappa shape index (κ3) is 5.00. The molecule has 1 aromatic carbocycles. The highest BCUT2D eigenvalue weighted by molar-refractivity contribution is 5.76. The molecule has 10 heteroatoms. The van der Waals surface area contributed by atoms with Crippen LogP contribution in [0.2, 0.25) is 0 Å². The number of rotatable bonds is 5. The van der Waals surface area contributed by atoms with Crippen molar-refractivity contribution in [2.24, 2.45) is 0 Å². The number of fused-ring (bicyclic) bond motifs is 1. The van der Waals surface area contributed by atoms with E-state index in [-0.39, 0.29) is 24.2 Å². The number of aromatic nitrogens is 4. The van der Waals surface area contributed by atoms with Crippen molar-refractivity contribution in [2.75, 3.05) is 13.1 Å². The Balaban J connectivity index is 1.36. The van der Waals surface area contributed by atoms with E-state index in [4.69, 9.17) is 4.74 Å². The zero-order chi connectivity index (χ0) is 24.6. The number of halogens is 3. The van der Waals surface area contributed by atoms with Gasteiger partial charge in [0.15, 0.2) is 0 Å². The average molecular weight is 476 g/mol. The first-order valence-electron chi connectivity index (χ1n) is 11.3. The Hall–Kier alpha value is -3.17. The van der Waals surface area contributed by atoms with Crippen LogP contribution in [0.5, 0.6) is 5.75 Å². The van der Waals surface area contributed by atoms with E-state index in [0.29, 0.717) is 36.5 Å². The minimum absolute atomic E-state index is 0.0126. The summed E-state index contributed by atoms with van der Waals surface area (Å²) in [4.78, 5) is 22.3. The lowest BCUT2D eigenvalue weighted by Gasteiger charge is -2.32. The van der Waals surface area contributed by atoms with Gasteiger partial charge in [-0.25, -0.2) is 9.50 Å². The van der Waals surface area contributed by atoms with Gasteiger partial charge >= 0.3 is 6.18 Å². The molecule has 0 radical (unpaired) electrons. The van der Waals surface area contributed by atoms with Crippen LogP contribution in [0.4, 0.5) is 13.2 Å². The topological polar surface area (TPSA) is 72.6 Å². The number of carbonyl (C=O) groups excluding carboxylic acids is 1. The van der Waals surface area contributed by atoms with Crippen LogP contribution in [-0.2, 0) is 17.4 Å². The van der Waals surface area contributed by atoms with Gasteiger partial charge in [-0.1, -0.05) is 12.1 Å². The summed E-state index contributed by atoms with van der Waals surface area (Å²) in [5.41, 5.74) is 4.02. The van der Waals surface area contributed by atoms with Gasteiger partial charge in [-0.2, -0.15) is 18.2 Å². The lowest BCUT2D eigenvalue weighted by atomic mass is 10.0. The molecule has 1 aliphatic heterocycles. The lowest BCUT2D eigenvalue weighted by molar-refractivity contribution is -0.144. The average Bonchev–Trinajstić information content (AvgIpc) is 3.21. The molecule has 3 aromatic rings. The molecule has 2 aromatic heterocycles. The fourth-order valence-electron chi connectivity index (χ4n) is 4.32. The van der Waals surface area contributed by atoms with Crippen LogP contribution in [0.1, 0.15) is 53.2 Å². The number of aryl methyl sites for hydroxylation is 4. The van der Waals surface area contributed by atoms with Gasteiger partial charge in [0.2, 0.25) is 5.91 Å². The number of nitrogens with zero attached hydrogens (tertiary/aromatic N) is 5. The van der Waals surface area contributed by atoms with Crippen molar-refractivity contribution in [1.82, 2.24) is 24.5 Å². The van der Waals surface area contributed by atoms with Gasteiger partial charge in [0.1, 0.15) is 11.9 Å². The second-order valence-corrected chi connectivity index (χ2v) is 8.87. The number of hydrogen-bond donors (Lipinski definition) is 0. The zero-order valence-electron chi connectivity index (χ0n) is 19.7. The Kier molecular flexibility index (Phi) is 6.51. The van der Waals surface area contributed by atoms with E-state index < -0.39 is 12.0 Å². The molecule has 0 spiro atoms. The minimum atomic E-state index is -4.64. The van der Waals surface area contributed by atoms with Crippen molar-refractivity contribution in [3.8, 4) is 5.75 Å². The number of ether oxygens (including phenoxy) is 1. The fourth-order valence-corrected chi connectivity index (χ4v) is 4.32. The first-order valence-corrected chi connectivity index (χ1v) is 11.3. The van der Waals surface area contributed by atoms with E-state index in [9.17, 15) is 18.0 Å². The Morgan fingerprint density at radius 3 is 2.50 bits per heavy atom. The summed E-state index contributed by atoms with van der Waals surface area (Å²) in [6, 6.07) is 6.14. The van der Waals surface area contributed by atoms with E-state index in [0.717, 1.165) is 34.2 Å². The molecular weight excluding hydrogens is 447 g/mol. The van der Waals surface area contributed by atoms with Crippen molar-refractivity contribution in [1.29, 1.82) is 0 Å². The molecule has 4 rings (SSSR count). The Morgan fingerprint density at radius 2 is 1.82 bits per heavy atom. The second-order valence-electron chi connectivity index (χ2n) is 8.87. The number of hydrogen-bond acceptors (Lipinski definition) is 5. The van der Waals surface area contributed by atoms with Crippen LogP contribution in [-0.4, -0.2) is 49.6 Å². The minimum Gasteiger partial charge on any atom is -0.490 e. The van der Waals surface area contributed by atoms with Crippen LogP contribution >= 0.6 is 0 Å². The third-order valence-electron chi connectivity index (χ3n) is 6.32. The SMILES string of the molecule is Cc1ccc(C)c(OC2CCN(C(=O)CCc3c(C)nc4nc(C(F)(F)F)nn4c3C)CC2)c1. The Bertz CT molecular complexity index is 1210. The first kappa shape index (κ1) is 24.0. The molecule has 1 saturated heterocycles. The first-order chi connectivity index (χ1) is 16.0. The number of alkyl halides is 3. The zero-order valence-corrected chi connectivity index (χ0v) is 19.7. The van der Waals surface area contributed by atoms with Gasteiger partial charge in [0.25, 0.3) is 11.6 Å². The predicted molar refractivity (Wildman–Crippen MR) is 120 cm³/mol. The van der Waals surface area contributed by atoms with Crippen molar-refractivity contribution in [3.05, 3.63) is 52.1 Å². The summed E-state index contributed by atoms with van der Waals surface area (Å²) in [6.45, 7) is 8.66. The van der Waals surface area contributed by atoms with Gasteiger partial charge < -0.3 is 9.64 Å². The molecule has 3 heterocycles. The Labute approximate surface area is 196 Å². The fraction of sp³-hybridized carbons (Fsp3) is 0.500. The van der Waals surface area contributed by atoms with E-state index in [1.165, 1.54) is 0 Å². The standard InChI is InChI=1S/C24H28F3N5O2/c1-14-5-6-15(2)20(13-14)34-18-9-11-31(12-10-18)21(33)8-7-19-16(3)28-23-29-22(24(25,26)27)30-32(23)17(19)4/h5-6,13,18H,7-12H2,1-4H3. The van der Waals surface area contributed by atoms with Crippen molar-refractivity contribution < 1.29 is 22.7 Å². The molecule has 1 fully saturated rings. The highest BCUT2D eigenvalue weighted by Crippen LogP contribution is 2.28. The maximum atomic E-state index is 13.0. The summed E-state index contributed by atoms with van der Waals surface area (Å²) in [7, 11) is 0. The predicted octanol–water partition coefficient (Wildman–Crippen LogP) is 4.38. The summed E-state index contributed by atoms with van der Waals surface area (Å²) in [6.07, 6.45) is -2.44. The van der Waals surface area contributed by atoms with E-state index >= 15 is 0 Å². The van der Waals surface area contributed by atoms with Crippen molar-refractivity contribution in [2.45, 2.75) is 65.7 Å². The Morgan fingerprint density at radius 1 is 1.12 bits per heavy atom. The molecule has 0 saturated carbocycles. The smallest absolute Gasteiger partial charge is 0.453 e. The third-order valence-corrected chi connectivity index (χ3v) is 6.32. The lowest BCUT2D eigenvalue weighted by Crippen LogP contribution is -2.42. The van der Waals surface area contributed by atoms with Crippen molar-refractivity contribution >= 4 is 11.7 Å². The van der Waals surface area contributed by atoms with Crippen LogP contribution < -0.4 is 4.74 Å². The number of carbonyl (C=O) groups is 1. The molecule has 0 atom stereocenters. The normalized spacial score (nSPS) is 15.2. The molecule has 34 heavy (non-hydrogen) atoms. The van der Waals surface area contributed by atoms with E-state index in [1.807, 2.05) is 30.9 Å². The summed E-state index contributed by atoms with van der Waals surface area (Å²) in [5.74, 6) is -0.413. The van der Waals surface area contributed by atoms with Crippen molar-refractivity contribution in [3.63, 3.8) is 0 Å². The molecule has 0 bridgehead atoms. The van der Waals surface area contributed by atoms with Gasteiger partial charge in [-0.15, -0.1) is 5.10 Å². The number of piperidine rings is 1. The maximum Gasteiger partial charge on any atom is 0.453 e. The summed E-state index contributed by atoms with van der Waals surface area (Å²) < 4.78 is 46.2. The molecule has 182 valence electrons. The number of amides is 1. The number of likely N-dealkylation sites (tertiary alicyclic amines) is 1. The molecular formula is C24H28F3N5O2.